The van der Waals surface area contributed by atoms with Crippen LogP contribution in [0.3, 0.4) is 0 Å². The monoisotopic (exact) mass is 273 g/mol. The Hall–Kier alpha value is -2.50. The number of methoxy groups -OCH3 is 1. The highest BCUT2D eigenvalue weighted by Gasteiger charge is 2.07. The van der Waals surface area contributed by atoms with Gasteiger partial charge in [0.2, 0.25) is 0 Å². The van der Waals surface area contributed by atoms with E-state index in [9.17, 15) is 9.59 Å². The molecular weight excluding hydrogens is 258 g/mol. The summed E-state index contributed by atoms with van der Waals surface area (Å²) in [6.45, 7) is 1.71. The fourth-order valence-electron chi connectivity index (χ4n) is 1.65. The average Bonchev–Trinajstić information content (AvgIpc) is 2.49. The summed E-state index contributed by atoms with van der Waals surface area (Å²) in [5.41, 5.74) is 0.710. The second-order valence-corrected chi connectivity index (χ2v) is 4.20. The minimum absolute atomic E-state index is 0.0365. The van der Waals surface area contributed by atoms with E-state index in [0.29, 0.717) is 12.1 Å². The Labute approximate surface area is 116 Å². The SMILES string of the molecule is CCC(=O)Cn1ncc(-c2ccc(OC)cc2)nc1=O. The van der Waals surface area contributed by atoms with E-state index in [0.717, 1.165) is 16.0 Å². The van der Waals surface area contributed by atoms with Gasteiger partial charge in [-0.25, -0.2) is 9.48 Å². The normalized spacial score (nSPS) is 10.3. The van der Waals surface area contributed by atoms with Gasteiger partial charge in [-0.05, 0) is 24.3 Å². The van der Waals surface area contributed by atoms with E-state index >= 15 is 0 Å². The number of hydrogen-bond acceptors (Lipinski definition) is 5. The number of Topliss-reactive ketones (excluding diaryl/α,β-unsaturated/α-hetero) is 1. The topological polar surface area (TPSA) is 74.1 Å². The summed E-state index contributed by atoms with van der Waals surface area (Å²) in [6, 6.07) is 7.15. The van der Waals surface area contributed by atoms with Crippen molar-refractivity contribution >= 4 is 5.78 Å². The van der Waals surface area contributed by atoms with Crippen molar-refractivity contribution in [3.05, 3.63) is 40.9 Å². The molecule has 20 heavy (non-hydrogen) atoms. The molecule has 0 aliphatic carbocycles. The Bertz CT molecular complexity index is 662. The Morgan fingerprint density at radius 3 is 2.55 bits per heavy atom. The van der Waals surface area contributed by atoms with E-state index in [1.54, 1.807) is 38.3 Å². The maximum atomic E-state index is 11.8. The molecule has 2 rings (SSSR count). The summed E-state index contributed by atoms with van der Waals surface area (Å²) in [7, 11) is 1.58. The molecule has 2 aromatic rings. The van der Waals surface area contributed by atoms with Gasteiger partial charge in [-0.15, -0.1) is 0 Å². The Morgan fingerprint density at radius 1 is 1.30 bits per heavy atom. The summed E-state index contributed by atoms with van der Waals surface area (Å²) in [4.78, 5) is 27.1. The quantitative estimate of drug-likeness (QED) is 0.820. The highest BCUT2D eigenvalue weighted by Crippen LogP contribution is 2.18. The number of hydrogen-bond donors (Lipinski definition) is 0. The highest BCUT2D eigenvalue weighted by atomic mass is 16.5. The molecule has 0 saturated carbocycles. The lowest BCUT2D eigenvalue weighted by atomic mass is 10.1. The average molecular weight is 273 g/mol. The lowest BCUT2D eigenvalue weighted by molar-refractivity contribution is -0.119. The van der Waals surface area contributed by atoms with Gasteiger partial charge in [-0.2, -0.15) is 10.1 Å². The summed E-state index contributed by atoms with van der Waals surface area (Å²) in [5.74, 6) is 0.669. The van der Waals surface area contributed by atoms with E-state index in [-0.39, 0.29) is 12.3 Å². The van der Waals surface area contributed by atoms with Crippen LogP contribution in [0.15, 0.2) is 35.3 Å². The van der Waals surface area contributed by atoms with Crippen molar-refractivity contribution in [1.29, 1.82) is 0 Å². The van der Waals surface area contributed by atoms with Crippen LogP contribution >= 0.6 is 0 Å². The van der Waals surface area contributed by atoms with E-state index in [2.05, 4.69) is 10.1 Å². The Balaban J connectivity index is 2.28. The summed E-state index contributed by atoms with van der Waals surface area (Å²) >= 11 is 0. The third kappa shape index (κ3) is 3.09. The second-order valence-electron chi connectivity index (χ2n) is 4.20. The fraction of sp³-hybridized carbons (Fsp3) is 0.286. The van der Waals surface area contributed by atoms with Gasteiger partial charge in [-0.1, -0.05) is 6.92 Å². The molecule has 0 amide bonds. The first-order chi connectivity index (χ1) is 9.63. The minimum Gasteiger partial charge on any atom is -0.497 e. The maximum Gasteiger partial charge on any atom is 0.364 e. The van der Waals surface area contributed by atoms with Gasteiger partial charge in [0.1, 0.15) is 12.3 Å². The van der Waals surface area contributed by atoms with E-state index < -0.39 is 5.69 Å². The number of carbonyl (C=O) groups is 1. The molecule has 0 atom stereocenters. The summed E-state index contributed by atoms with van der Waals surface area (Å²) in [6.07, 6.45) is 1.85. The number of ether oxygens (including phenoxy) is 1. The standard InChI is InChI=1S/C14H15N3O3/c1-3-11(18)9-17-14(19)16-13(8-15-17)10-4-6-12(20-2)7-5-10/h4-8H,3,9H2,1-2H3. The number of aromatic nitrogens is 3. The molecule has 0 aliphatic rings. The summed E-state index contributed by atoms with van der Waals surface area (Å²) in [5, 5.41) is 3.97. The minimum atomic E-state index is -0.528. The Kier molecular flexibility index (Phi) is 4.24. The Morgan fingerprint density at radius 2 is 2.00 bits per heavy atom. The number of nitrogens with zero attached hydrogens (tertiary/aromatic N) is 3. The van der Waals surface area contributed by atoms with Crippen molar-refractivity contribution in [2.24, 2.45) is 0 Å². The lowest BCUT2D eigenvalue weighted by Crippen LogP contribution is -2.28. The molecule has 0 spiro atoms. The van der Waals surface area contributed by atoms with Crippen LogP contribution in [-0.2, 0) is 11.3 Å². The summed E-state index contributed by atoms with van der Waals surface area (Å²) < 4.78 is 6.13. The van der Waals surface area contributed by atoms with Crippen LogP contribution in [0.1, 0.15) is 13.3 Å². The van der Waals surface area contributed by atoms with Crippen LogP contribution in [0.4, 0.5) is 0 Å². The predicted molar refractivity (Wildman–Crippen MR) is 73.6 cm³/mol. The molecule has 0 aliphatic heterocycles. The van der Waals surface area contributed by atoms with Crippen LogP contribution < -0.4 is 10.4 Å². The van der Waals surface area contributed by atoms with Crippen LogP contribution in [0, 0.1) is 0 Å². The van der Waals surface area contributed by atoms with Crippen LogP contribution in [0.2, 0.25) is 0 Å². The molecule has 1 aromatic carbocycles. The van der Waals surface area contributed by atoms with E-state index in [4.69, 9.17) is 4.74 Å². The first-order valence-corrected chi connectivity index (χ1v) is 6.24. The fourth-order valence-corrected chi connectivity index (χ4v) is 1.65. The van der Waals surface area contributed by atoms with Gasteiger partial charge in [0.05, 0.1) is 19.0 Å². The number of ketones is 1. The lowest BCUT2D eigenvalue weighted by Gasteiger charge is -2.05. The van der Waals surface area contributed by atoms with Crippen molar-refractivity contribution < 1.29 is 9.53 Å². The van der Waals surface area contributed by atoms with Gasteiger partial charge in [-0.3, -0.25) is 4.79 Å². The third-order valence-electron chi connectivity index (χ3n) is 2.86. The van der Waals surface area contributed by atoms with Gasteiger partial charge >= 0.3 is 5.69 Å². The zero-order chi connectivity index (χ0) is 14.5. The first-order valence-electron chi connectivity index (χ1n) is 6.24. The molecule has 0 radical (unpaired) electrons. The predicted octanol–water partition coefficient (Wildman–Crippen LogP) is 1.29. The maximum absolute atomic E-state index is 11.8. The van der Waals surface area contributed by atoms with E-state index in [1.807, 2.05) is 0 Å². The van der Waals surface area contributed by atoms with E-state index in [1.165, 1.54) is 6.20 Å². The molecule has 1 aromatic heterocycles. The zero-order valence-corrected chi connectivity index (χ0v) is 11.4. The molecular formula is C14H15N3O3. The van der Waals surface area contributed by atoms with Crippen LogP contribution in [0.25, 0.3) is 11.3 Å². The largest absolute Gasteiger partial charge is 0.497 e. The first kappa shape index (κ1) is 13.9. The zero-order valence-electron chi connectivity index (χ0n) is 11.4. The van der Waals surface area contributed by atoms with Crippen LogP contribution in [0.5, 0.6) is 5.75 Å². The van der Waals surface area contributed by atoms with Crippen molar-refractivity contribution in [3.8, 4) is 17.0 Å². The molecule has 0 saturated heterocycles. The van der Waals surface area contributed by atoms with Gasteiger partial charge in [0.15, 0.2) is 5.78 Å². The number of rotatable bonds is 5. The van der Waals surface area contributed by atoms with Gasteiger partial charge < -0.3 is 4.74 Å². The van der Waals surface area contributed by atoms with Crippen molar-refractivity contribution in [2.75, 3.05) is 7.11 Å². The molecule has 6 heteroatoms. The molecule has 1 heterocycles. The van der Waals surface area contributed by atoms with Gasteiger partial charge in [0.25, 0.3) is 0 Å². The third-order valence-corrected chi connectivity index (χ3v) is 2.86. The van der Waals surface area contributed by atoms with Crippen molar-refractivity contribution in [3.63, 3.8) is 0 Å². The smallest absolute Gasteiger partial charge is 0.364 e. The highest BCUT2D eigenvalue weighted by molar-refractivity contribution is 5.77. The van der Waals surface area contributed by atoms with Gasteiger partial charge in [0, 0.05) is 12.0 Å². The van der Waals surface area contributed by atoms with Crippen molar-refractivity contribution in [2.45, 2.75) is 19.9 Å². The molecule has 0 N–H and O–H groups in total. The van der Waals surface area contributed by atoms with Crippen LogP contribution in [-0.4, -0.2) is 27.7 Å². The number of benzene rings is 1. The molecule has 0 bridgehead atoms. The number of carbonyl (C=O) groups excluding carboxylic acids is 1. The molecule has 6 nitrogen and oxygen atoms in total. The molecule has 0 unspecified atom stereocenters. The molecule has 0 fully saturated rings. The molecule has 104 valence electrons. The second kappa shape index (κ2) is 6.10. The van der Waals surface area contributed by atoms with Crippen molar-refractivity contribution in [1.82, 2.24) is 14.8 Å².